The fraction of sp³-hybridized carbons (Fsp3) is 0.528. The molecule has 2 aliphatic heterocycles. The quantitative estimate of drug-likeness (QED) is 0.235. The summed E-state index contributed by atoms with van der Waals surface area (Å²) in [4.78, 5) is 28.4. The van der Waals surface area contributed by atoms with Crippen LogP contribution in [0.1, 0.15) is 102 Å². The van der Waals surface area contributed by atoms with Gasteiger partial charge in [-0.3, -0.25) is 10.1 Å². The summed E-state index contributed by atoms with van der Waals surface area (Å²) in [6.45, 7) is 10.6. The number of piperidine rings is 1. The van der Waals surface area contributed by atoms with Crippen LogP contribution in [-0.2, 0) is 16.6 Å². The maximum absolute atomic E-state index is 13.2. The van der Waals surface area contributed by atoms with E-state index < -0.39 is 0 Å². The topological polar surface area (TPSA) is 79.3 Å². The van der Waals surface area contributed by atoms with Crippen molar-refractivity contribution in [2.24, 2.45) is 5.92 Å². The Bertz CT molecular complexity index is 1390. The number of aromatic nitrogens is 2. The maximum Gasteiger partial charge on any atom is 0.324 e. The highest BCUT2D eigenvalue weighted by Gasteiger charge is 2.42. The Morgan fingerprint density at radius 3 is 2.33 bits per heavy atom. The fourth-order valence-electron chi connectivity index (χ4n) is 6.80. The van der Waals surface area contributed by atoms with Crippen LogP contribution in [-0.4, -0.2) is 38.7 Å². The molecule has 7 heteroatoms. The number of carbonyl (C=O) groups is 2. The van der Waals surface area contributed by atoms with Gasteiger partial charge in [0, 0.05) is 35.7 Å². The lowest BCUT2D eigenvalue weighted by Crippen LogP contribution is -2.46. The van der Waals surface area contributed by atoms with Crippen molar-refractivity contribution in [3.05, 3.63) is 71.4 Å². The highest BCUT2D eigenvalue weighted by atomic mass is 16.2. The van der Waals surface area contributed by atoms with E-state index in [2.05, 4.69) is 62.3 Å². The van der Waals surface area contributed by atoms with Crippen LogP contribution in [0.2, 0.25) is 0 Å². The van der Waals surface area contributed by atoms with Gasteiger partial charge in [0.2, 0.25) is 5.91 Å². The van der Waals surface area contributed by atoms with Gasteiger partial charge in [-0.15, -0.1) is 0 Å². The number of hydrogen-bond acceptors (Lipinski definition) is 3. The number of urea groups is 1. The van der Waals surface area contributed by atoms with Crippen molar-refractivity contribution < 1.29 is 9.59 Å². The summed E-state index contributed by atoms with van der Waals surface area (Å²) < 4.78 is 1.80. The molecule has 3 amide bonds. The zero-order valence-corrected chi connectivity index (χ0v) is 26.7. The minimum atomic E-state index is -0.297. The Kier molecular flexibility index (Phi) is 9.58. The number of hydrogen-bond donors (Lipinski definition) is 2. The molecule has 2 fully saturated rings. The fourth-order valence-corrected chi connectivity index (χ4v) is 6.80. The van der Waals surface area contributed by atoms with Gasteiger partial charge in [0.15, 0.2) is 0 Å². The molecule has 43 heavy (non-hydrogen) atoms. The lowest BCUT2D eigenvalue weighted by atomic mass is 9.85. The van der Waals surface area contributed by atoms with Crippen molar-refractivity contribution in [1.29, 1.82) is 0 Å². The number of rotatable bonds is 10. The van der Waals surface area contributed by atoms with Gasteiger partial charge in [0.05, 0.1) is 11.4 Å². The van der Waals surface area contributed by atoms with Crippen LogP contribution < -0.4 is 10.6 Å². The van der Waals surface area contributed by atoms with Crippen LogP contribution in [0.15, 0.2) is 54.6 Å². The molecule has 2 N–H and O–H groups in total. The number of aryl methyl sites for hydroxylation is 1. The molecule has 1 aromatic heterocycles. The standard InChI is InChI=1S/C36H49N5O2/c1-6-7-8-9-13-34(42)40-30-18-19-31(40)23-27(22-30)20-26-11-10-12-28(21-26)37-35(43)38-33-24-32(36(3,4)5)39-41(33)29-16-14-25(2)15-17-29/h10-12,14-17,21,24,27,30-31H,6-9,13,18-20,22-23H2,1-5H3,(H2,37,38,43). The Morgan fingerprint density at radius 1 is 0.930 bits per heavy atom. The highest BCUT2D eigenvalue weighted by Crippen LogP contribution is 2.40. The smallest absolute Gasteiger partial charge is 0.324 e. The lowest BCUT2D eigenvalue weighted by molar-refractivity contribution is -0.136. The third kappa shape index (κ3) is 7.67. The Labute approximate surface area is 257 Å². The van der Waals surface area contributed by atoms with E-state index in [0.717, 1.165) is 62.0 Å². The minimum Gasteiger partial charge on any atom is -0.337 e. The predicted molar refractivity (Wildman–Crippen MR) is 175 cm³/mol. The van der Waals surface area contributed by atoms with Gasteiger partial charge in [-0.25, -0.2) is 9.48 Å². The zero-order valence-electron chi connectivity index (χ0n) is 26.7. The Hall–Kier alpha value is -3.61. The maximum atomic E-state index is 13.2. The molecule has 230 valence electrons. The largest absolute Gasteiger partial charge is 0.337 e. The summed E-state index contributed by atoms with van der Waals surface area (Å²) in [5, 5.41) is 10.9. The summed E-state index contributed by atoms with van der Waals surface area (Å²) in [6, 6.07) is 18.8. The molecule has 3 heterocycles. The van der Waals surface area contributed by atoms with E-state index in [4.69, 9.17) is 5.10 Å². The molecule has 2 aliphatic rings. The molecule has 0 saturated carbocycles. The van der Waals surface area contributed by atoms with E-state index in [0.29, 0.717) is 36.1 Å². The predicted octanol–water partition coefficient (Wildman–Crippen LogP) is 8.40. The molecule has 0 aliphatic carbocycles. The van der Waals surface area contributed by atoms with Crippen molar-refractivity contribution in [1.82, 2.24) is 14.7 Å². The van der Waals surface area contributed by atoms with E-state index in [1.165, 1.54) is 24.0 Å². The van der Waals surface area contributed by atoms with Gasteiger partial charge in [-0.05, 0) is 81.2 Å². The number of unbranched alkanes of at least 4 members (excludes halogenated alkanes) is 3. The van der Waals surface area contributed by atoms with Crippen molar-refractivity contribution in [2.75, 3.05) is 10.6 Å². The lowest BCUT2D eigenvalue weighted by Gasteiger charge is -2.39. The Balaban J connectivity index is 1.20. The van der Waals surface area contributed by atoms with Gasteiger partial charge >= 0.3 is 6.03 Å². The number of amides is 3. The monoisotopic (exact) mass is 583 g/mol. The van der Waals surface area contributed by atoms with Crippen LogP contribution in [0.4, 0.5) is 16.3 Å². The minimum absolute atomic E-state index is 0.158. The van der Waals surface area contributed by atoms with Crippen LogP contribution in [0.3, 0.4) is 0 Å². The third-order valence-electron chi connectivity index (χ3n) is 9.07. The molecular weight excluding hydrogens is 534 g/mol. The first-order chi connectivity index (χ1) is 20.6. The number of benzene rings is 2. The van der Waals surface area contributed by atoms with E-state index in [1.54, 1.807) is 4.68 Å². The number of nitrogens with one attached hydrogen (secondary N) is 2. The second kappa shape index (κ2) is 13.4. The molecule has 7 nitrogen and oxygen atoms in total. The number of nitrogens with zero attached hydrogens (tertiary/aromatic N) is 3. The summed E-state index contributed by atoms with van der Waals surface area (Å²) in [5.41, 5.74) is 4.81. The van der Waals surface area contributed by atoms with E-state index in [-0.39, 0.29) is 11.4 Å². The van der Waals surface area contributed by atoms with Crippen molar-refractivity contribution in [2.45, 2.75) is 116 Å². The molecule has 0 spiro atoms. The normalized spacial score (nSPS) is 19.8. The van der Waals surface area contributed by atoms with Crippen LogP contribution in [0, 0.1) is 12.8 Å². The number of anilines is 2. The molecule has 0 radical (unpaired) electrons. The van der Waals surface area contributed by atoms with Crippen LogP contribution >= 0.6 is 0 Å². The Morgan fingerprint density at radius 2 is 1.65 bits per heavy atom. The third-order valence-corrected chi connectivity index (χ3v) is 9.07. The molecule has 2 unspecified atom stereocenters. The molecule has 2 atom stereocenters. The second-order valence-corrected chi connectivity index (χ2v) is 13.7. The SMILES string of the molecule is CCCCCCC(=O)N1C2CCC1CC(Cc1cccc(NC(=O)Nc3cc(C(C)(C)C)nn3-c3ccc(C)cc3)c1)C2. The average Bonchev–Trinajstić information content (AvgIpc) is 3.50. The van der Waals surface area contributed by atoms with E-state index in [9.17, 15) is 9.59 Å². The average molecular weight is 584 g/mol. The van der Waals surface area contributed by atoms with Gasteiger partial charge in [0.25, 0.3) is 0 Å². The summed E-state index contributed by atoms with van der Waals surface area (Å²) >= 11 is 0. The first-order valence-electron chi connectivity index (χ1n) is 16.3. The molecular formula is C36H49N5O2. The number of fused-ring (bicyclic) bond motifs is 2. The highest BCUT2D eigenvalue weighted by molar-refractivity contribution is 5.99. The first-order valence-corrected chi connectivity index (χ1v) is 16.3. The molecule has 2 saturated heterocycles. The first kappa shape index (κ1) is 30.8. The molecule has 2 aromatic carbocycles. The van der Waals surface area contributed by atoms with E-state index in [1.807, 2.05) is 42.5 Å². The van der Waals surface area contributed by atoms with Crippen LogP contribution in [0.25, 0.3) is 5.69 Å². The second-order valence-electron chi connectivity index (χ2n) is 13.7. The van der Waals surface area contributed by atoms with Gasteiger partial charge in [-0.1, -0.05) is 76.8 Å². The summed E-state index contributed by atoms with van der Waals surface area (Å²) in [7, 11) is 0. The number of carbonyl (C=O) groups excluding carboxylic acids is 2. The van der Waals surface area contributed by atoms with Crippen molar-refractivity contribution in [3.8, 4) is 5.69 Å². The van der Waals surface area contributed by atoms with Crippen molar-refractivity contribution in [3.63, 3.8) is 0 Å². The van der Waals surface area contributed by atoms with Crippen molar-refractivity contribution >= 4 is 23.4 Å². The van der Waals surface area contributed by atoms with Gasteiger partial charge in [-0.2, -0.15) is 5.10 Å². The van der Waals surface area contributed by atoms with Crippen LogP contribution in [0.5, 0.6) is 0 Å². The summed E-state index contributed by atoms with van der Waals surface area (Å²) in [5.74, 6) is 1.56. The summed E-state index contributed by atoms with van der Waals surface area (Å²) in [6.07, 6.45) is 10.7. The zero-order chi connectivity index (χ0) is 30.6. The molecule has 5 rings (SSSR count). The van der Waals surface area contributed by atoms with Gasteiger partial charge < -0.3 is 10.2 Å². The molecule has 2 bridgehead atoms. The van der Waals surface area contributed by atoms with Gasteiger partial charge in [0.1, 0.15) is 5.82 Å². The van der Waals surface area contributed by atoms with E-state index >= 15 is 0 Å². The molecule has 3 aromatic rings.